The average Bonchev–Trinajstić information content (AvgIpc) is 3.16. The van der Waals surface area contributed by atoms with Gasteiger partial charge in [0.15, 0.2) is 0 Å². The van der Waals surface area contributed by atoms with Gasteiger partial charge < -0.3 is 37.5 Å². The summed E-state index contributed by atoms with van der Waals surface area (Å²) in [5.41, 5.74) is 10.9. The van der Waals surface area contributed by atoms with Crippen molar-refractivity contribution in [2.24, 2.45) is 11.5 Å². The van der Waals surface area contributed by atoms with Crippen molar-refractivity contribution in [1.29, 1.82) is 0 Å². The van der Waals surface area contributed by atoms with Gasteiger partial charge in [-0.05, 0) is 13.3 Å². The van der Waals surface area contributed by atoms with Crippen LogP contribution >= 0.6 is 0 Å². The number of nitrogens with two attached hydrogens (primary N) is 2. The van der Waals surface area contributed by atoms with E-state index in [1.807, 2.05) is 0 Å². The summed E-state index contributed by atoms with van der Waals surface area (Å²) >= 11 is 0. The van der Waals surface area contributed by atoms with Gasteiger partial charge in [-0.2, -0.15) is 0 Å². The van der Waals surface area contributed by atoms with Crippen molar-refractivity contribution < 1.29 is 29.1 Å². The lowest BCUT2D eigenvalue weighted by Gasteiger charge is -2.23. The minimum Gasteiger partial charge on any atom is -0.480 e. The molecule has 0 spiro atoms. The molecule has 1 aromatic heterocycles. The highest BCUT2D eigenvalue weighted by Gasteiger charge is 2.28. The number of nitrogens with zero attached hydrogens (tertiary/aromatic N) is 1. The first-order valence-corrected chi connectivity index (χ1v) is 8.72. The maximum Gasteiger partial charge on any atom is 0.325 e. The zero-order chi connectivity index (χ0) is 22.0. The highest BCUT2D eigenvalue weighted by molar-refractivity contribution is 5.93. The van der Waals surface area contributed by atoms with E-state index in [9.17, 15) is 24.0 Å². The number of carbonyl (C=O) groups excluding carboxylic acids is 4. The summed E-state index contributed by atoms with van der Waals surface area (Å²) in [6.07, 6.45) is 2.51. The Morgan fingerprint density at radius 3 is 2.31 bits per heavy atom. The lowest BCUT2D eigenvalue weighted by atomic mass is 10.1. The molecule has 9 N–H and O–H groups in total. The van der Waals surface area contributed by atoms with Crippen molar-refractivity contribution in [3.8, 4) is 0 Å². The Bertz CT molecular complexity index is 736. The predicted molar refractivity (Wildman–Crippen MR) is 98.9 cm³/mol. The van der Waals surface area contributed by atoms with Gasteiger partial charge in [-0.25, -0.2) is 4.98 Å². The number of hydrogen-bond donors (Lipinski definition) is 7. The maximum absolute atomic E-state index is 12.7. The molecule has 0 fully saturated rings. The molecule has 0 bridgehead atoms. The van der Waals surface area contributed by atoms with Crippen LogP contribution in [0.15, 0.2) is 12.5 Å². The lowest BCUT2D eigenvalue weighted by molar-refractivity contribution is -0.142. The van der Waals surface area contributed by atoms with Crippen LogP contribution in [0, 0.1) is 0 Å². The van der Waals surface area contributed by atoms with Gasteiger partial charge in [-0.3, -0.25) is 24.0 Å². The molecule has 0 saturated carbocycles. The molecule has 3 atom stereocenters. The largest absolute Gasteiger partial charge is 0.480 e. The zero-order valence-corrected chi connectivity index (χ0v) is 15.8. The van der Waals surface area contributed by atoms with E-state index < -0.39 is 47.7 Å². The van der Waals surface area contributed by atoms with Gasteiger partial charge in [0, 0.05) is 24.7 Å². The third kappa shape index (κ3) is 8.38. The topological polar surface area (TPSA) is 222 Å². The van der Waals surface area contributed by atoms with Gasteiger partial charge in [-0.1, -0.05) is 0 Å². The highest BCUT2D eigenvalue weighted by atomic mass is 16.4. The summed E-state index contributed by atoms with van der Waals surface area (Å²) in [5.74, 6) is -4.10. The van der Waals surface area contributed by atoms with Gasteiger partial charge in [0.25, 0.3) is 0 Å². The third-order valence-electron chi connectivity index (χ3n) is 3.86. The second-order valence-electron chi connectivity index (χ2n) is 6.24. The van der Waals surface area contributed by atoms with Crippen LogP contribution < -0.4 is 27.4 Å². The molecule has 0 aliphatic carbocycles. The number of carbonyl (C=O) groups is 5. The molecular weight excluding hydrogens is 386 g/mol. The predicted octanol–water partition coefficient (Wildman–Crippen LogP) is -3.26. The first-order chi connectivity index (χ1) is 13.6. The number of aliphatic carboxylic acids is 1. The monoisotopic (exact) mass is 411 g/mol. The molecule has 160 valence electrons. The summed E-state index contributed by atoms with van der Waals surface area (Å²) in [6, 6.07) is -3.55. The van der Waals surface area contributed by atoms with Crippen LogP contribution in [-0.4, -0.2) is 69.3 Å². The van der Waals surface area contributed by atoms with E-state index in [0.29, 0.717) is 5.69 Å². The molecule has 13 heteroatoms. The number of nitrogens with one attached hydrogen (secondary N) is 4. The van der Waals surface area contributed by atoms with E-state index in [4.69, 9.17) is 16.6 Å². The second-order valence-corrected chi connectivity index (χ2v) is 6.24. The molecule has 1 rings (SSSR count). The minimum absolute atomic E-state index is 0.0350. The Hall–Kier alpha value is -3.48. The van der Waals surface area contributed by atoms with Crippen LogP contribution in [0.25, 0.3) is 0 Å². The number of rotatable bonds is 12. The summed E-state index contributed by atoms with van der Waals surface area (Å²) < 4.78 is 0. The molecule has 0 saturated heterocycles. The molecule has 0 aliphatic rings. The van der Waals surface area contributed by atoms with Crippen LogP contribution in [0.5, 0.6) is 0 Å². The summed E-state index contributed by atoms with van der Waals surface area (Å²) in [4.78, 5) is 65.3. The number of carboxylic acid groups (broad SMARTS) is 1. The molecule has 0 aromatic carbocycles. The number of carboxylic acids is 1. The van der Waals surface area contributed by atoms with Crippen molar-refractivity contribution in [1.82, 2.24) is 25.9 Å². The first kappa shape index (κ1) is 23.6. The van der Waals surface area contributed by atoms with Gasteiger partial charge in [0.1, 0.15) is 18.1 Å². The summed E-state index contributed by atoms with van der Waals surface area (Å²) in [6.45, 7) is 0.893. The number of imidazole rings is 1. The maximum atomic E-state index is 12.7. The van der Waals surface area contributed by atoms with Crippen molar-refractivity contribution in [2.75, 3.05) is 6.54 Å². The average molecular weight is 411 g/mol. The Morgan fingerprint density at radius 2 is 1.79 bits per heavy atom. The van der Waals surface area contributed by atoms with E-state index in [2.05, 4.69) is 25.9 Å². The molecule has 0 radical (unpaired) electrons. The number of amides is 4. The second kappa shape index (κ2) is 11.4. The van der Waals surface area contributed by atoms with Crippen molar-refractivity contribution in [3.05, 3.63) is 18.2 Å². The highest BCUT2D eigenvalue weighted by Crippen LogP contribution is 2.03. The van der Waals surface area contributed by atoms with E-state index in [0.717, 1.165) is 0 Å². The Kier molecular flexibility index (Phi) is 9.25. The number of hydrogen-bond acceptors (Lipinski definition) is 7. The SMILES string of the molecule is CC(NC(=O)C(CCC(N)=O)NC(=O)C(Cc1cnc[nH]1)NC(=O)CN)C(=O)O. The minimum atomic E-state index is -1.27. The van der Waals surface area contributed by atoms with E-state index in [1.165, 1.54) is 19.4 Å². The van der Waals surface area contributed by atoms with Crippen LogP contribution in [0.1, 0.15) is 25.5 Å². The Morgan fingerprint density at radius 1 is 1.14 bits per heavy atom. The van der Waals surface area contributed by atoms with Crippen LogP contribution in [-0.2, 0) is 30.4 Å². The molecule has 3 unspecified atom stereocenters. The van der Waals surface area contributed by atoms with Crippen molar-refractivity contribution in [3.63, 3.8) is 0 Å². The standard InChI is InChI=1S/C16H25N7O6/c1-8(16(28)29)21-14(26)10(2-3-12(18)24)23-15(27)11(22-13(25)5-17)4-9-6-19-7-20-9/h6-8,10-11H,2-5,17H2,1H3,(H2,18,24)(H,19,20)(H,21,26)(H,22,25)(H,23,27)(H,28,29). The molecule has 1 aromatic rings. The van der Waals surface area contributed by atoms with Crippen molar-refractivity contribution >= 4 is 29.6 Å². The fourth-order valence-corrected chi connectivity index (χ4v) is 2.28. The fourth-order valence-electron chi connectivity index (χ4n) is 2.28. The van der Waals surface area contributed by atoms with E-state index >= 15 is 0 Å². The first-order valence-electron chi connectivity index (χ1n) is 8.72. The lowest BCUT2D eigenvalue weighted by Crippen LogP contribution is -2.56. The quantitative estimate of drug-likeness (QED) is 0.184. The zero-order valence-electron chi connectivity index (χ0n) is 15.8. The molecule has 4 amide bonds. The number of H-pyrrole nitrogens is 1. The van der Waals surface area contributed by atoms with E-state index in [1.54, 1.807) is 0 Å². The van der Waals surface area contributed by atoms with E-state index in [-0.39, 0.29) is 25.8 Å². The molecule has 29 heavy (non-hydrogen) atoms. The smallest absolute Gasteiger partial charge is 0.325 e. The van der Waals surface area contributed by atoms with Crippen LogP contribution in [0.2, 0.25) is 0 Å². The Labute approximate surface area is 166 Å². The molecule has 13 nitrogen and oxygen atoms in total. The molecule has 0 aliphatic heterocycles. The third-order valence-corrected chi connectivity index (χ3v) is 3.86. The normalized spacial score (nSPS) is 13.6. The Balaban J connectivity index is 2.93. The van der Waals surface area contributed by atoms with Crippen molar-refractivity contribution in [2.45, 2.75) is 44.3 Å². The fraction of sp³-hybridized carbons (Fsp3) is 0.500. The number of primary amides is 1. The summed E-state index contributed by atoms with van der Waals surface area (Å²) in [5, 5.41) is 16.0. The van der Waals surface area contributed by atoms with Gasteiger partial charge in [0.05, 0.1) is 12.9 Å². The van der Waals surface area contributed by atoms with Gasteiger partial charge in [0.2, 0.25) is 23.6 Å². The number of aromatic nitrogens is 2. The summed E-state index contributed by atoms with van der Waals surface area (Å²) in [7, 11) is 0. The number of aromatic amines is 1. The van der Waals surface area contributed by atoms with Crippen LogP contribution in [0.3, 0.4) is 0 Å². The van der Waals surface area contributed by atoms with Crippen LogP contribution in [0.4, 0.5) is 0 Å². The molecule has 1 heterocycles. The molecular formula is C16H25N7O6. The van der Waals surface area contributed by atoms with Gasteiger partial charge in [-0.15, -0.1) is 0 Å². The van der Waals surface area contributed by atoms with Gasteiger partial charge >= 0.3 is 5.97 Å².